The Kier molecular flexibility index (Phi) is 3.44. The molecule has 1 aromatic heterocycles. The van der Waals surface area contributed by atoms with Crippen molar-refractivity contribution in [3.05, 3.63) is 35.5 Å². The SMILES string of the molecule is CC1(CNC(=O)CCl)OCCc2c1[nH]c1ccccc21. The highest BCUT2D eigenvalue weighted by molar-refractivity contribution is 6.27. The quantitative estimate of drug-likeness (QED) is 0.853. The van der Waals surface area contributed by atoms with Crippen LogP contribution in [0.5, 0.6) is 0 Å². The van der Waals surface area contributed by atoms with Gasteiger partial charge in [-0.1, -0.05) is 18.2 Å². The number of rotatable bonds is 3. The van der Waals surface area contributed by atoms with E-state index < -0.39 is 5.60 Å². The number of alkyl halides is 1. The van der Waals surface area contributed by atoms with Gasteiger partial charge in [0.1, 0.15) is 11.5 Å². The first-order chi connectivity index (χ1) is 9.64. The minimum absolute atomic E-state index is 0.0321. The van der Waals surface area contributed by atoms with Gasteiger partial charge in [-0.15, -0.1) is 11.6 Å². The summed E-state index contributed by atoms with van der Waals surface area (Å²) in [6, 6.07) is 8.23. The number of H-pyrrole nitrogens is 1. The number of benzene rings is 1. The fourth-order valence-corrected chi connectivity index (χ4v) is 2.91. The van der Waals surface area contributed by atoms with Crippen LogP contribution in [0.4, 0.5) is 0 Å². The van der Waals surface area contributed by atoms with Gasteiger partial charge in [0.25, 0.3) is 0 Å². The van der Waals surface area contributed by atoms with Crippen LogP contribution in [0.1, 0.15) is 18.2 Å². The number of fused-ring (bicyclic) bond motifs is 3. The lowest BCUT2D eigenvalue weighted by molar-refractivity contribution is -0.121. The Morgan fingerprint density at radius 1 is 1.50 bits per heavy atom. The Labute approximate surface area is 122 Å². The molecule has 2 aromatic rings. The van der Waals surface area contributed by atoms with Crippen molar-refractivity contribution < 1.29 is 9.53 Å². The van der Waals surface area contributed by atoms with Crippen LogP contribution in [0.2, 0.25) is 0 Å². The van der Waals surface area contributed by atoms with E-state index in [0.29, 0.717) is 13.2 Å². The van der Waals surface area contributed by atoms with Crippen LogP contribution in [0.3, 0.4) is 0 Å². The van der Waals surface area contributed by atoms with Crippen LogP contribution < -0.4 is 5.32 Å². The van der Waals surface area contributed by atoms with Crippen molar-refractivity contribution in [1.82, 2.24) is 10.3 Å². The number of carbonyl (C=O) groups excluding carboxylic acids is 1. The van der Waals surface area contributed by atoms with Crippen LogP contribution in [-0.2, 0) is 21.6 Å². The zero-order valence-corrected chi connectivity index (χ0v) is 12.1. The largest absolute Gasteiger partial charge is 0.367 e. The summed E-state index contributed by atoms with van der Waals surface area (Å²) in [6.07, 6.45) is 0.887. The fourth-order valence-electron chi connectivity index (χ4n) is 2.82. The van der Waals surface area contributed by atoms with Crippen molar-refractivity contribution in [2.45, 2.75) is 18.9 Å². The third-order valence-electron chi connectivity index (χ3n) is 3.86. The van der Waals surface area contributed by atoms with E-state index in [-0.39, 0.29) is 11.8 Å². The number of para-hydroxylation sites is 1. The number of aromatic nitrogens is 1. The molecule has 0 fully saturated rings. The lowest BCUT2D eigenvalue weighted by Crippen LogP contribution is -2.44. The Bertz CT molecular complexity index is 652. The number of carbonyl (C=O) groups is 1. The molecule has 106 valence electrons. The second-order valence-electron chi connectivity index (χ2n) is 5.26. The van der Waals surface area contributed by atoms with Crippen molar-refractivity contribution in [2.24, 2.45) is 0 Å². The molecular formula is C15H17ClN2O2. The first kappa shape index (κ1) is 13.5. The average molecular weight is 293 g/mol. The lowest BCUT2D eigenvalue weighted by Gasteiger charge is -2.34. The molecule has 1 atom stereocenters. The predicted molar refractivity (Wildman–Crippen MR) is 79.0 cm³/mol. The van der Waals surface area contributed by atoms with Crippen LogP contribution in [0, 0.1) is 0 Å². The summed E-state index contributed by atoms with van der Waals surface area (Å²) in [5.41, 5.74) is 2.92. The Balaban J connectivity index is 1.98. The molecule has 2 N–H and O–H groups in total. The topological polar surface area (TPSA) is 54.1 Å². The Morgan fingerprint density at radius 3 is 3.10 bits per heavy atom. The summed E-state index contributed by atoms with van der Waals surface area (Å²) in [5, 5.41) is 4.05. The second-order valence-corrected chi connectivity index (χ2v) is 5.53. The van der Waals surface area contributed by atoms with Gasteiger partial charge in [0.2, 0.25) is 5.91 Å². The van der Waals surface area contributed by atoms with Crippen LogP contribution in [0.25, 0.3) is 10.9 Å². The van der Waals surface area contributed by atoms with Crippen LogP contribution in [0.15, 0.2) is 24.3 Å². The molecule has 1 amide bonds. The highest BCUT2D eigenvalue weighted by atomic mass is 35.5. The van der Waals surface area contributed by atoms with Gasteiger partial charge in [-0.05, 0) is 25.0 Å². The smallest absolute Gasteiger partial charge is 0.235 e. The van der Waals surface area contributed by atoms with Crippen LogP contribution >= 0.6 is 11.6 Å². The van der Waals surface area contributed by atoms with Gasteiger partial charge in [-0.2, -0.15) is 0 Å². The molecule has 0 bridgehead atoms. The number of nitrogens with one attached hydrogen (secondary N) is 2. The minimum Gasteiger partial charge on any atom is -0.367 e. The third kappa shape index (κ3) is 2.19. The fraction of sp³-hybridized carbons (Fsp3) is 0.400. The zero-order valence-electron chi connectivity index (χ0n) is 11.3. The third-order valence-corrected chi connectivity index (χ3v) is 4.10. The van der Waals surface area contributed by atoms with Gasteiger partial charge in [-0.3, -0.25) is 4.79 Å². The first-order valence-electron chi connectivity index (χ1n) is 6.71. The number of ether oxygens (including phenoxy) is 1. The maximum atomic E-state index is 11.4. The van der Waals surface area contributed by atoms with Crippen molar-refractivity contribution in [2.75, 3.05) is 19.0 Å². The summed E-state index contributed by atoms with van der Waals surface area (Å²) in [4.78, 5) is 14.8. The summed E-state index contributed by atoms with van der Waals surface area (Å²) in [6.45, 7) is 3.06. The van der Waals surface area contributed by atoms with E-state index in [1.807, 2.05) is 19.1 Å². The van der Waals surface area contributed by atoms with Gasteiger partial charge in [0, 0.05) is 10.9 Å². The molecule has 4 nitrogen and oxygen atoms in total. The number of amides is 1. The van der Waals surface area contributed by atoms with E-state index in [1.165, 1.54) is 10.9 Å². The zero-order chi connectivity index (χ0) is 14.2. The molecular weight excluding hydrogens is 276 g/mol. The van der Waals surface area contributed by atoms with E-state index in [9.17, 15) is 4.79 Å². The Hall–Kier alpha value is -1.52. The molecule has 0 saturated heterocycles. The first-order valence-corrected chi connectivity index (χ1v) is 7.24. The highest BCUT2D eigenvalue weighted by Crippen LogP contribution is 2.36. The number of hydrogen-bond acceptors (Lipinski definition) is 2. The summed E-state index contributed by atoms with van der Waals surface area (Å²) >= 11 is 5.52. The second kappa shape index (κ2) is 5.11. The van der Waals surface area contributed by atoms with Gasteiger partial charge < -0.3 is 15.0 Å². The van der Waals surface area contributed by atoms with E-state index in [0.717, 1.165) is 17.6 Å². The molecule has 3 rings (SSSR count). The molecule has 0 saturated carbocycles. The van der Waals surface area contributed by atoms with Crippen molar-refractivity contribution in [1.29, 1.82) is 0 Å². The van der Waals surface area contributed by atoms with Gasteiger partial charge in [0.15, 0.2) is 0 Å². The van der Waals surface area contributed by atoms with Gasteiger partial charge in [-0.25, -0.2) is 0 Å². The molecule has 5 heteroatoms. The Morgan fingerprint density at radius 2 is 2.30 bits per heavy atom. The molecule has 20 heavy (non-hydrogen) atoms. The molecule has 0 radical (unpaired) electrons. The maximum Gasteiger partial charge on any atom is 0.235 e. The summed E-state index contributed by atoms with van der Waals surface area (Å²) in [7, 11) is 0. The molecule has 1 unspecified atom stereocenters. The molecule has 1 aromatic carbocycles. The molecule has 0 aliphatic carbocycles. The van der Waals surface area contributed by atoms with Gasteiger partial charge in [0.05, 0.1) is 18.8 Å². The molecule has 1 aliphatic rings. The standard InChI is InChI=1S/C15H17ClN2O2/c1-15(9-17-13(19)8-16)14-11(6-7-20-15)10-4-2-3-5-12(10)18-14/h2-5,18H,6-9H2,1H3,(H,17,19). The maximum absolute atomic E-state index is 11.4. The monoisotopic (exact) mass is 292 g/mol. The summed E-state index contributed by atoms with van der Waals surface area (Å²) in [5.74, 6) is -0.213. The van der Waals surface area contributed by atoms with Crippen LogP contribution in [-0.4, -0.2) is 29.9 Å². The van der Waals surface area contributed by atoms with E-state index in [2.05, 4.69) is 22.4 Å². The molecule has 1 aliphatic heterocycles. The summed E-state index contributed by atoms with van der Waals surface area (Å²) < 4.78 is 5.93. The van der Waals surface area contributed by atoms with Crippen molar-refractivity contribution >= 4 is 28.4 Å². The minimum atomic E-state index is -0.533. The van der Waals surface area contributed by atoms with E-state index in [1.54, 1.807) is 0 Å². The van der Waals surface area contributed by atoms with Crippen molar-refractivity contribution in [3.8, 4) is 0 Å². The number of aromatic amines is 1. The number of halogens is 1. The molecule has 2 heterocycles. The lowest BCUT2D eigenvalue weighted by atomic mass is 9.93. The van der Waals surface area contributed by atoms with Crippen molar-refractivity contribution in [3.63, 3.8) is 0 Å². The number of hydrogen-bond donors (Lipinski definition) is 2. The van der Waals surface area contributed by atoms with E-state index >= 15 is 0 Å². The highest BCUT2D eigenvalue weighted by Gasteiger charge is 2.36. The van der Waals surface area contributed by atoms with E-state index in [4.69, 9.17) is 16.3 Å². The normalized spacial score (nSPS) is 21.7. The van der Waals surface area contributed by atoms with Gasteiger partial charge >= 0.3 is 0 Å². The molecule has 0 spiro atoms. The predicted octanol–water partition coefficient (Wildman–Crippen LogP) is 2.31. The average Bonchev–Trinajstić information content (AvgIpc) is 2.86.